The van der Waals surface area contributed by atoms with Crippen LogP contribution in [0.25, 0.3) is 0 Å². The second-order valence-electron chi connectivity index (χ2n) is 6.61. The SMILES string of the molecule is c1ccc(NN=C(C(=NNc2ccccc2)c2ccccc2)c2ccccc2)cc1. The van der Waals surface area contributed by atoms with Gasteiger partial charge in [-0.2, -0.15) is 10.2 Å². The summed E-state index contributed by atoms with van der Waals surface area (Å²) < 4.78 is 0. The van der Waals surface area contributed by atoms with Gasteiger partial charge in [0.2, 0.25) is 0 Å². The molecule has 0 saturated heterocycles. The van der Waals surface area contributed by atoms with Crippen molar-refractivity contribution in [3.63, 3.8) is 0 Å². The van der Waals surface area contributed by atoms with Gasteiger partial charge in [-0.15, -0.1) is 0 Å². The van der Waals surface area contributed by atoms with E-state index < -0.39 is 0 Å². The highest BCUT2D eigenvalue weighted by Gasteiger charge is 2.15. The molecule has 0 unspecified atom stereocenters. The van der Waals surface area contributed by atoms with Gasteiger partial charge in [0.25, 0.3) is 0 Å². The van der Waals surface area contributed by atoms with E-state index in [1.165, 1.54) is 0 Å². The van der Waals surface area contributed by atoms with E-state index >= 15 is 0 Å². The molecule has 4 heteroatoms. The maximum atomic E-state index is 4.75. The molecule has 4 rings (SSSR count). The summed E-state index contributed by atoms with van der Waals surface area (Å²) in [7, 11) is 0. The van der Waals surface area contributed by atoms with Crippen LogP contribution in [0.2, 0.25) is 0 Å². The quantitative estimate of drug-likeness (QED) is 0.299. The van der Waals surface area contributed by atoms with Gasteiger partial charge >= 0.3 is 0 Å². The summed E-state index contributed by atoms with van der Waals surface area (Å²) in [4.78, 5) is 0. The van der Waals surface area contributed by atoms with Crippen molar-refractivity contribution in [1.29, 1.82) is 0 Å². The molecule has 0 aliphatic heterocycles. The average Bonchev–Trinajstić information content (AvgIpc) is 2.83. The van der Waals surface area contributed by atoms with Gasteiger partial charge in [0.15, 0.2) is 0 Å². The van der Waals surface area contributed by atoms with Crippen LogP contribution in [0.1, 0.15) is 11.1 Å². The van der Waals surface area contributed by atoms with Crippen molar-refractivity contribution in [2.24, 2.45) is 10.2 Å². The molecule has 30 heavy (non-hydrogen) atoms. The van der Waals surface area contributed by atoms with E-state index in [1.807, 2.05) is 121 Å². The van der Waals surface area contributed by atoms with Gasteiger partial charge in [-0.05, 0) is 24.3 Å². The van der Waals surface area contributed by atoms with Crippen LogP contribution in [0.15, 0.2) is 132 Å². The number of anilines is 2. The zero-order chi connectivity index (χ0) is 20.4. The molecule has 0 amide bonds. The normalized spacial score (nSPS) is 11.7. The summed E-state index contributed by atoms with van der Waals surface area (Å²) in [5.74, 6) is 0. The number of hydrogen-bond donors (Lipinski definition) is 2. The van der Waals surface area contributed by atoms with Crippen LogP contribution in [0.3, 0.4) is 0 Å². The largest absolute Gasteiger partial charge is 0.278 e. The first-order chi connectivity index (χ1) is 14.9. The lowest BCUT2D eigenvalue weighted by Gasteiger charge is -2.12. The van der Waals surface area contributed by atoms with E-state index in [1.54, 1.807) is 0 Å². The fourth-order valence-electron chi connectivity index (χ4n) is 2.97. The molecule has 0 aliphatic carbocycles. The van der Waals surface area contributed by atoms with Crippen molar-refractivity contribution >= 4 is 22.8 Å². The third-order valence-corrected chi connectivity index (χ3v) is 4.46. The zero-order valence-corrected chi connectivity index (χ0v) is 16.4. The Balaban J connectivity index is 1.78. The Morgan fingerprint density at radius 2 is 0.700 bits per heavy atom. The molecule has 0 aromatic heterocycles. The lowest BCUT2D eigenvalue weighted by Crippen LogP contribution is -2.20. The van der Waals surface area contributed by atoms with E-state index in [4.69, 9.17) is 10.2 Å². The molecule has 0 atom stereocenters. The average molecular weight is 390 g/mol. The molecule has 0 bridgehead atoms. The van der Waals surface area contributed by atoms with Gasteiger partial charge in [0.1, 0.15) is 11.4 Å². The van der Waals surface area contributed by atoms with Crippen molar-refractivity contribution in [2.75, 3.05) is 10.9 Å². The Morgan fingerprint density at radius 3 is 1.03 bits per heavy atom. The summed E-state index contributed by atoms with van der Waals surface area (Å²) in [6.45, 7) is 0. The standard InChI is InChI=1S/C26H22N4/c1-5-13-21(14-6-1)25(29-27-23-17-9-3-10-18-23)26(22-15-7-2-8-16-22)30-28-24-19-11-4-12-20-24/h1-20,27-28H. The topological polar surface area (TPSA) is 48.8 Å². The molecular formula is C26H22N4. The van der Waals surface area contributed by atoms with Crippen molar-refractivity contribution in [3.8, 4) is 0 Å². The Labute approximate surface area is 176 Å². The molecule has 4 nitrogen and oxygen atoms in total. The molecule has 0 fully saturated rings. The smallest absolute Gasteiger partial charge is 0.119 e. The van der Waals surface area contributed by atoms with Crippen molar-refractivity contribution in [3.05, 3.63) is 132 Å². The lowest BCUT2D eigenvalue weighted by molar-refractivity contribution is 1.31. The minimum atomic E-state index is 0.745. The molecule has 0 aliphatic rings. The molecule has 2 N–H and O–H groups in total. The first-order valence-corrected chi connectivity index (χ1v) is 9.79. The predicted molar refractivity (Wildman–Crippen MR) is 126 cm³/mol. The van der Waals surface area contributed by atoms with Gasteiger partial charge in [-0.25, -0.2) is 0 Å². The second-order valence-corrected chi connectivity index (χ2v) is 6.61. The maximum Gasteiger partial charge on any atom is 0.119 e. The molecule has 146 valence electrons. The highest BCUT2D eigenvalue weighted by molar-refractivity contribution is 6.53. The molecule has 4 aromatic rings. The fourth-order valence-corrected chi connectivity index (χ4v) is 2.97. The molecular weight excluding hydrogens is 368 g/mol. The Kier molecular flexibility index (Phi) is 6.28. The van der Waals surface area contributed by atoms with E-state index in [0.29, 0.717) is 0 Å². The molecule has 0 heterocycles. The summed E-state index contributed by atoms with van der Waals surface area (Å²) in [5.41, 5.74) is 11.6. The van der Waals surface area contributed by atoms with Gasteiger partial charge in [-0.1, -0.05) is 97.1 Å². The Morgan fingerprint density at radius 1 is 0.400 bits per heavy atom. The third-order valence-electron chi connectivity index (χ3n) is 4.46. The van der Waals surface area contributed by atoms with Crippen LogP contribution in [-0.2, 0) is 0 Å². The number of para-hydroxylation sites is 2. The predicted octanol–water partition coefficient (Wildman–Crippen LogP) is 6.02. The van der Waals surface area contributed by atoms with Crippen LogP contribution in [0, 0.1) is 0 Å². The molecule has 4 aromatic carbocycles. The zero-order valence-electron chi connectivity index (χ0n) is 16.4. The van der Waals surface area contributed by atoms with E-state index in [-0.39, 0.29) is 0 Å². The van der Waals surface area contributed by atoms with E-state index in [0.717, 1.165) is 33.9 Å². The second kappa shape index (κ2) is 9.85. The first-order valence-electron chi connectivity index (χ1n) is 9.79. The van der Waals surface area contributed by atoms with Crippen molar-refractivity contribution < 1.29 is 0 Å². The monoisotopic (exact) mass is 390 g/mol. The van der Waals surface area contributed by atoms with Crippen LogP contribution in [0.4, 0.5) is 11.4 Å². The summed E-state index contributed by atoms with van der Waals surface area (Å²) in [5, 5.41) is 9.50. The minimum absolute atomic E-state index is 0.745. The Bertz CT molecular complexity index is 1010. The number of nitrogens with one attached hydrogen (secondary N) is 2. The minimum Gasteiger partial charge on any atom is -0.278 e. The van der Waals surface area contributed by atoms with Gasteiger partial charge in [0.05, 0.1) is 11.4 Å². The highest BCUT2D eigenvalue weighted by Crippen LogP contribution is 2.14. The van der Waals surface area contributed by atoms with Crippen molar-refractivity contribution in [1.82, 2.24) is 0 Å². The van der Waals surface area contributed by atoms with Gasteiger partial charge in [0, 0.05) is 11.1 Å². The third kappa shape index (κ3) is 5.00. The van der Waals surface area contributed by atoms with Crippen LogP contribution >= 0.6 is 0 Å². The summed E-state index contributed by atoms with van der Waals surface area (Å²) in [6, 6.07) is 39.9. The molecule has 0 saturated carbocycles. The lowest BCUT2D eigenvalue weighted by atomic mass is 10.00. The first kappa shape index (κ1) is 19.2. The van der Waals surface area contributed by atoms with E-state index in [9.17, 15) is 0 Å². The molecule has 0 spiro atoms. The van der Waals surface area contributed by atoms with Crippen LogP contribution in [-0.4, -0.2) is 11.4 Å². The van der Waals surface area contributed by atoms with Crippen LogP contribution in [0.5, 0.6) is 0 Å². The number of benzene rings is 4. The summed E-state index contributed by atoms with van der Waals surface area (Å²) >= 11 is 0. The number of rotatable bonds is 7. The highest BCUT2D eigenvalue weighted by atomic mass is 15.3. The van der Waals surface area contributed by atoms with Gasteiger partial charge < -0.3 is 0 Å². The van der Waals surface area contributed by atoms with Crippen LogP contribution < -0.4 is 10.9 Å². The number of nitrogens with zero attached hydrogens (tertiary/aromatic N) is 2. The Hall–Kier alpha value is -4.18. The van der Waals surface area contributed by atoms with Gasteiger partial charge in [-0.3, -0.25) is 10.9 Å². The molecule has 0 radical (unpaired) electrons. The maximum absolute atomic E-state index is 4.75. The number of hydrogen-bond acceptors (Lipinski definition) is 4. The fraction of sp³-hybridized carbons (Fsp3) is 0. The van der Waals surface area contributed by atoms with E-state index in [2.05, 4.69) is 10.9 Å². The van der Waals surface area contributed by atoms with Crippen molar-refractivity contribution in [2.45, 2.75) is 0 Å². The summed E-state index contributed by atoms with van der Waals surface area (Å²) in [6.07, 6.45) is 0. The number of hydrazone groups is 2.